The highest BCUT2D eigenvalue weighted by Crippen LogP contribution is 2.33. The molecule has 1 aromatic rings. The fraction of sp³-hybridized carbons (Fsp3) is 0.412. The molecule has 1 saturated heterocycles. The van der Waals surface area contributed by atoms with Gasteiger partial charge in [0.2, 0.25) is 11.8 Å². The monoisotopic (exact) mass is 316 g/mol. The first-order valence-electron chi connectivity index (χ1n) is 7.58. The number of thioether (sulfide) groups is 1. The Morgan fingerprint density at radius 2 is 1.95 bits per heavy atom. The molecule has 2 aliphatic heterocycles. The number of carbonyl (C=O) groups excluding carboxylic acids is 2. The van der Waals surface area contributed by atoms with Crippen LogP contribution in [0.1, 0.15) is 30.5 Å². The molecule has 2 aliphatic rings. The Balaban J connectivity index is 1.83. The summed E-state index contributed by atoms with van der Waals surface area (Å²) >= 11 is 1.89. The minimum Gasteiger partial charge on any atom is -0.341 e. The molecule has 0 aromatic heterocycles. The van der Waals surface area contributed by atoms with Gasteiger partial charge in [0.25, 0.3) is 0 Å². The van der Waals surface area contributed by atoms with E-state index >= 15 is 0 Å². The van der Waals surface area contributed by atoms with Crippen molar-refractivity contribution in [3.05, 3.63) is 41.6 Å². The van der Waals surface area contributed by atoms with Crippen LogP contribution in [0, 0.1) is 0 Å². The molecule has 0 radical (unpaired) electrons. The summed E-state index contributed by atoms with van der Waals surface area (Å²) in [5.41, 5.74) is 2.15. The molecule has 1 aromatic carbocycles. The first kappa shape index (κ1) is 15.2. The average Bonchev–Trinajstić information content (AvgIpc) is 2.55. The minimum atomic E-state index is -0.194. The zero-order valence-corrected chi connectivity index (χ0v) is 13.5. The maximum Gasteiger partial charge on any atom is 0.225 e. The van der Waals surface area contributed by atoms with Gasteiger partial charge in [-0.05, 0) is 17.2 Å². The molecule has 0 saturated carbocycles. The summed E-state index contributed by atoms with van der Waals surface area (Å²) in [6, 6.07) is 7.79. The number of benzene rings is 1. The van der Waals surface area contributed by atoms with Gasteiger partial charge in [-0.3, -0.25) is 9.59 Å². The van der Waals surface area contributed by atoms with Crippen LogP contribution >= 0.6 is 11.8 Å². The van der Waals surface area contributed by atoms with E-state index in [0.29, 0.717) is 6.42 Å². The van der Waals surface area contributed by atoms with Gasteiger partial charge in [0.1, 0.15) is 0 Å². The molecule has 1 fully saturated rings. The van der Waals surface area contributed by atoms with Crippen molar-refractivity contribution >= 4 is 29.7 Å². The number of nitrogens with zero attached hydrogens (tertiary/aromatic N) is 2. The Bertz CT molecular complexity index is 608. The highest BCUT2D eigenvalue weighted by molar-refractivity contribution is 7.99. The SMILES string of the molecule is CC(=O)N1C=Cc2ccccc2[C@@H]1CC(=O)N1CCSCC1. The molecule has 4 nitrogen and oxygen atoms in total. The maximum atomic E-state index is 12.6. The maximum absolute atomic E-state index is 12.6. The molecular weight excluding hydrogens is 296 g/mol. The lowest BCUT2D eigenvalue weighted by atomic mass is 9.93. The third kappa shape index (κ3) is 3.04. The predicted octanol–water partition coefficient (Wildman–Crippen LogP) is 2.53. The molecule has 3 rings (SSSR count). The summed E-state index contributed by atoms with van der Waals surface area (Å²) in [6.07, 6.45) is 4.09. The highest BCUT2D eigenvalue weighted by Gasteiger charge is 2.30. The Labute approximate surface area is 135 Å². The molecule has 2 amide bonds. The molecule has 0 spiro atoms. The lowest BCUT2D eigenvalue weighted by molar-refractivity contribution is -0.134. The summed E-state index contributed by atoms with van der Waals surface area (Å²) in [6.45, 7) is 3.18. The number of fused-ring (bicyclic) bond motifs is 1. The molecule has 0 N–H and O–H groups in total. The van der Waals surface area contributed by atoms with Crippen LogP contribution in [0.2, 0.25) is 0 Å². The van der Waals surface area contributed by atoms with E-state index in [9.17, 15) is 9.59 Å². The van der Waals surface area contributed by atoms with Gasteiger partial charge in [-0.15, -0.1) is 0 Å². The van der Waals surface area contributed by atoms with Gasteiger partial charge in [0.05, 0.1) is 12.5 Å². The van der Waals surface area contributed by atoms with Gasteiger partial charge < -0.3 is 9.80 Å². The van der Waals surface area contributed by atoms with Gasteiger partial charge >= 0.3 is 0 Å². The van der Waals surface area contributed by atoms with Gasteiger partial charge in [0.15, 0.2) is 0 Å². The Kier molecular flexibility index (Phi) is 4.52. The third-order valence-corrected chi connectivity index (χ3v) is 5.14. The molecule has 2 heterocycles. The summed E-state index contributed by atoms with van der Waals surface area (Å²) in [5, 5.41) is 0. The number of hydrogen-bond donors (Lipinski definition) is 0. The van der Waals surface area contributed by atoms with Crippen LogP contribution in [0.5, 0.6) is 0 Å². The number of amides is 2. The molecule has 116 valence electrons. The van der Waals surface area contributed by atoms with Crippen molar-refractivity contribution in [3.63, 3.8) is 0 Å². The Morgan fingerprint density at radius 3 is 2.68 bits per heavy atom. The van der Waals surface area contributed by atoms with E-state index in [-0.39, 0.29) is 17.9 Å². The smallest absolute Gasteiger partial charge is 0.225 e. The van der Waals surface area contributed by atoms with Crippen molar-refractivity contribution in [2.45, 2.75) is 19.4 Å². The lowest BCUT2D eigenvalue weighted by Crippen LogP contribution is -2.41. The van der Waals surface area contributed by atoms with E-state index in [2.05, 4.69) is 0 Å². The summed E-state index contributed by atoms with van der Waals surface area (Å²) < 4.78 is 0. The second-order valence-electron chi connectivity index (χ2n) is 5.58. The summed E-state index contributed by atoms with van der Waals surface area (Å²) in [5.74, 6) is 2.12. The lowest BCUT2D eigenvalue weighted by Gasteiger charge is -2.34. The molecule has 1 atom stereocenters. The van der Waals surface area contributed by atoms with Crippen LogP contribution in [0.3, 0.4) is 0 Å². The fourth-order valence-electron chi connectivity index (χ4n) is 3.02. The Morgan fingerprint density at radius 1 is 1.23 bits per heavy atom. The van der Waals surface area contributed by atoms with Crippen molar-refractivity contribution in [3.8, 4) is 0 Å². The first-order valence-corrected chi connectivity index (χ1v) is 8.74. The van der Waals surface area contributed by atoms with E-state index < -0.39 is 0 Å². The quantitative estimate of drug-likeness (QED) is 0.842. The molecule has 0 aliphatic carbocycles. The second kappa shape index (κ2) is 6.57. The van der Waals surface area contributed by atoms with Crippen molar-refractivity contribution in [1.29, 1.82) is 0 Å². The number of hydrogen-bond acceptors (Lipinski definition) is 3. The molecule has 0 bridgehead atoms. The standard InChI is InChI=1S/C17H20N2O2S/c1-13(20)19-7-6-14-4-2-3-5-15(14)16(19)12-17(21)18-8-10-22-11-9-18/h2-7,16H,8-12H2,1H3/t16-/m0/s1. The van der Waals surface area contributed by atoms with Crippen LogP contribution in [0.15, 0.2) is 30.5 Å². The third-order valence-electron chi connectivity index (χ3n) is 4.20. The molecule has 0 unspecified atom stereocenters. The van der Waals surface area contributed by atoms with E-state index in [1.54, 1.807) is 18.0 Å². The predicted molar refractivity (Wildman–Crippen MR) is 89.3 cm³/mol. The van der Waals surface area contributed by atoms with Gasteiger partial charge in [-0.25, -0.2) is 0 Å². The summed E-state index contributed by atoms with van der Waals surface area (Å²) in [7, 11) is 0. The van der Waals surface area contributed by atoms with Gasteiger partial charge in [0, 0.05) is 37.7 Å². The second-order valence-corrected chi connectivity index (χ2v) is 6.81. The van der Waals surface area contributed by atoms with Crippen LogP contribution in [-0.2, 0) is 9.59 Å². The fourth-order valence-corrected chi connectivity index (χ4v) is 3.92. The van der Waals surface area contributed by atoms with Crippen LogP contribution in [-0.4, -0.2) is 46.2 Å². The minimum absolute atomic E-state index is 0.0299. The highest BCUT2D eigenvalue weighted by atomic mass is 32.2. The average molecular weight is 316 g/mol. The van der Waals surface area contributed by atoms with Gasteiger partial charge in [-0.2, -0.15) is 11.8 Å². The van der Waals surface area contributed by atoms with Crippen LogP contribution in [0.25, 0.3) is 6.08 Å². The zero-order chi connectivity index (χ0) is 15.5. The van der Waals surface area contributed by atoms with E-state index in [1.807, 2.05) is 47.0 Å². The van der Waals surface area contributed by atoms with Crippen LogP contribution in [0.4, 0.5) is 0 Å². The molecule has 5 heteroatoms. The summed E-state index contributed by atoms with van der Waals surface area (Å²) in [4.78, 5) is 28.1. The topological polar surface area (TPSA) is 40.6 Å². The van der Waals surface area contributed by atoms with Gasteiger partial charge in [-0.1, -0.05) is 24.3 Å². The van der Waals surface area contributed by atoms with E-state index in [0.717, 1.165) is 35.7 Å². The first-order chi connectivity index (χ1) is 10.7. The molecular formula is C17H20N2O2S. The van der Waals surface area contributed by atoms with Crippen LogP contribution < -0.4 is 0 Å². The Hall–Kier alpha value is -1.75. The van der Waals surface area contributed by atoms with Crippen molar-refractivity contribution < 1.29 is 9.59 Å². The van der Waals surface area contributed by atoms with E-state index in [1.165, 1.54) is 0 Å². The number of rotatable bonds is 2. The zero-order valence-electron chi connectivity index (χ0n) is 12.7. The normalized spacial score (nSPS) is 20.7. The molecule has 22 heavy (non-hydrogen) atoms. The number of carbonyl (C=O) groups is 2. The van der Waals surface area contributed by atoms with E-state index in [4.69, 9.17) is 0 Å². The van der Waals surface area contributed by atoms with Crippen molar-refractivity contribution in [2.75, 3.05) is 24.6 Å². The van der Waals surface area contributed by atoms with Crippen molar-refractivity contribution in [1.82, 2.24) is 9.80 Å². The largest absolute Gasteiger partial charge is 0.341 e. The van der Waals surface area contributed by atoms with Crippen molar-refractivity contribution in [2.24, 2.45) is 0 Å².